The zero-order chi connectivity index (χ0) is 14.7. The number of thiophene rings is 1. The molecule has 1 heterocycles. The van der Waals surface area contributed by atoms with Crippen molar-refractivity contribution < 1.29 is 9.18 Å². The van der Waals surface area contributed by atoms with E-state index in [1.807, 2.05) is 18.0 Å². The molecular formula is C14H16FN3OS. The van der Waals surface area contributed by atoms with Crippen LogP contribution in [0.3, 0.4) is 0 Å². The van der Waals surface area contributed by atoms with Crippen LogP contribution in [0, 0.1) is 5.82 Å². The van der Waals surface area contributed by atoms with E-state index >= 15 is 0 Å². The summed E-state index contributed by atoms with van der Waals surface area (Å²) in [7, 11) is 3.45. The Balaban J connectivity index is 2.17. The number of nitrogens with one attached hydrogen (secondary N) is 1. The summed E-state index contributed by atoms with van der Waals surface area (Å²) in [6.45, 7) is 0.547. The van der Waals surface area contributed by atoms with E-state index in [1.54, 1.807) is 19.2 Å². The number of hydrogen-bond acceptors (Lipinski definition) is 4. The number of halogens is 1. The highest BCUT2D eigenvalue weighted by molar-refractivity contribution is 7.18. The maximum atomic E-state index is 13.2. The summed E-state index contributed by atoms with van der Waals surface area (Å²) in [5.74, 6) is -0.453. The van der Waals surface area contributed by atoms with E-state index in [1.165, 1.54) is 23.5 Å². The lowest BCUT2D eigenvalue weighted by atomic mass is 10.2. The molecule has 1 amide bonds. The summed E-state index contributed by atoms with van der Waals surface area (Å²) in [5.41, 5.74) is 7.15. The van der Waals surface area contributed by atoms with Gasteiger partial charge in [-0.25, -0.2) is 4.39 Å². The maximum absolute atomic E-state index is 13.2. The number of nitrogen functional groups attached to an aromatic ring is 1. The first-order chi connectivity index (χ1) is 9.51. The van der Waals surface area contributed by atoms with Crippen molar-refractivity contribution in [3.05, 3.63) is 46.6 Å². The van der Waals surface area contributed by atoms with Gasteiger partial charge in [0.1, 0.15) is 10.7 Å². The van der Waals surface area contributed by atoms with E-state index in [0.717, 1.165) is 10.6 Å². The minimum Gasteiger partial charge on any atom is -0.397 e. The molecule has 106 valence electrons. The fraction of sp³-hybridized carbons (Fsp3) is 0.214. The second kappa shape index (κ2) is 5.92. The van der Waals surface area contributed by atoms with Crippen molar-refractivity contribution in [1.29, 1.82) is 0 Å². The molecule has 4 nitrogen and oxygen atoms in total. The van der Waals surface area contributed by atoms with E-state index in [4.69, 9.17) is 5.73 Å². The molecule has 2 aromatic rings. The summed E-state index contributed by atoms with van der Waals surface area (Å²) >= 11 is 1.32. The van der Waals surface area contributed by atoms with Gasteiger partial charge >= 0.3 is 0 Å². The third-order valence-corrected chi connectivity index (χ3v) is 4.13. The quantitative estimate of drug-likeness (QED) is 0.910. The molecule has 2 rings (SSSR count). The van der Waals surface area contributed by atoms with Gasteiger partial charge in [-0.2, -0.15) is 0 Å². The van der Waals surface area contributed by atoms with Gasteiger partial charge in [-0.3, -0.25) is 4.79 Å². The molecule has 20 heavy (non-hydrogen) atoms. The first kappa shape index (κ1) is 14.3. The lowest BCUT2D eigenvalue weighted by Crippen LogP contribution is -2.17. The molecular weight excluding hydrogens is 277 g/mol. The zero-order valence-electron chi connectivity index (χ0n) is 11.3. The van der Waals surface area contributed by atoms with Crippen LogP contribution in [0.5, 0.6) is 0 Å². The topological polar surface area (TPSA) is 58.4 Å². The first-order valence-electron chi connectivity index (χ1n) is 6.08. The SMILES string of the molecule is CNC(=O)c1sc(N(C)Cc2cccc(F)c2)cc1N. The van der Waals surface area contributed by atoms with E-state index in [2.05, 4.69) is 5.32 Å². The van der Waals surface area contributed by atoms with Crippen molar-refractivity contribution in [3.8, 4) is 0 Å². The van der Waals surface area contributed by atoms with E-state index in [0.29, 0.717) is 17.1 Å². The van der Waals surface area contributed by atoms with Gasteiger partial charge in [-0.1, -0.05) is 12.1 Å². The molecule has 0 unspecified atom stereocenters. The van der Waals surface area contributed by atoms with Crippen molar-refractivity contribution in [2.45, 2.75) is 6.54 Å². The molecule has 0 saturated carbocycles. The normalized spacial score (nSPS) is 10.3. The van der Waals surface area contributed by atoms with Crippen molar-refractivity contribution in [3.63, 3.8) is 0 Å². The molecule has 0 spiro atoms. The summed E-state index contributed by atoms with van der Waals surface area (Å²) in [5, 5.41) is 3.42. The molecule has 1 aromatic carbocycles. The molecule has 1 aromatic heterocycles. The van der Waals surface area contributed by atoms with Crippen LogP contribution in [-0.4, -0.2) is 20.0 Å². The predicted octanol–water partition coefficient (Wildman–Crippen LogP) is 2.47. The minimum atomic E-state index is -0.257. The molecule has 0 aliphatic heterocycles. The summed E-state index contributed by atoms with van der Waals surface area (Å²) in [6.07, 6.45) is 0. The average molecular weight is 293 g/mol. The molecule has 0 saturated heterocycles. The lowest BCUT2D eigenvalue weighted by Gasteiger charge is -2.16. The van der Waals surface area contributed by atoms with Gasteiger partial charge in [0.15, 0.2) is 0 Å². The predicted molar refractivity (Wildman–Crippen MR) is 80.6 cm³/mol. The Kier molecular flexibility index (Phi) is 4.24. The molecule has 6 heteroatoms. The highest BCUT2D eigenvalue weighted by atomic mass is 32.1. The smallest absolute Gasteiger partial charge is 0.263 e. The number of carbonyl (C=O) groups is 1. The van der Waals surface area contributed by atoms with Crippen molar-refractivity contribution in [2.24, 2.45) is 0 Å². The lowest BCUT2D eigenvalue weighted by molar-refractivity contribution is 0.0968. The van der Waals surface area contributed by atoms with Crippen LogP contribution in [0.2, 0.25) is 0 Å². The minimum absolute atomic E-state index is 0.196. The van der Waals surface area contributed by atoms with E-state index in [-0.39, 0.29) is 11.7 Å². The third kappa shape index (κ3) is 3.08. The van der Waals surface area contributed by atoms with Crippen molar-refractivity contribution >= 4 is 27.9 Å². The van der Waals surface area contributed by atoms with Crippen LogP contribution >= 0.6 is 11.3 Å². The number of rotatable bonds is 4. The van der Waals surface area contributed by atoms with Crippen molar-refractivity contribution in [2.75, 3.05) is 24.7 Å². The fourth-order valence-electron chi connectivity index (χ4n) is 1.86. The largest absolute Gasteiger partial charge is 0.397 e. The highest BCUT2D eigenvalue weighted by Crippen LogP contribution is 2.32. The Bertz CT molecular complexity index is 627. The summed E-state index contributed by atoms with van der Waals surface area (Å²) in [4.78, 5) is 14.1. The van der Waals surface area contributed by atoms with Crippen LogP contribution in [-0.2, 0) is 6.54 Å². The van der Waals surface area contributed by atoms with Crippen LogP contribution in [0.4, 0.5) is 15.1 Å². The van der Waals surface area contributed by atoms with E-state index < -0.39 is 0 Å². The Morgan fingerprint density at radius 2 is 2.20 bits per heavy atom. The average Bonchev–Trinajstić information content (AvgIpc) is 2.80. The number of anilines is 2. The van der Waals surface area contributed by atoms with Gasteiger partial charge in [-0.05, 0) is 23.8 Å². The van der Waals surface area contributed by atoms with Gasteiger partial charge in [0, 0.05) is 20.6 Å². The molecule has 0 aliphatic rings. The van der Waals surface area contributed by atoms with Gasteiger partial charge in [0.25, 0.3) is 5.91 Å². The molecule has 0 bridgehead atoms. The van der Waals surface area contributed by atoms with Gasteiger partial charge < -0.3 is 16.0 Å². The number of benzene rings is 1. The second-order valence-corrected chi connectivity index (χ2v) is 5.46. The number of carbonyl (C=O) groups excluding carboxylic acids is 1. The monoisotopic (exact) mass is 293 g/mol. The highest BCUT2D eigenvalue weighted by Gasteiger charge is 2.15. The second-order valence-electron chi connectivity index (χ2n) is 4.43. The fourth-order valence-corrected chi connectivity index (χ4v) is 2.84. The summed E-state index contributed by atoms with van der Waals surface area (Å²) < 4.78 is 13.2. The van der Waals surface area contributed by atoms with Crippen LogP contribution < -0.4 is 16.0 Å². The molecule has 3 N–H and O–H groups in total. The van der Waals surface area contributed by atoms with Gasteiger partial charge in [0.05, 0.1) is 10.7 Å². The maximum Gasteiger partial charge on any atom is 0.263 e. The van der Waals surface area contributed by atoms with Crippen molar-refractivity contribution in [1.82, 2.24) is 5.32 Å². The number of nitrogens with zero attached hydrogens (tertiary/aromatic N) is 1. The molecule has 0 atom stereocenters. The number of nitrogens with two attached hydrogens (primary N) is 1. The summed E-state index contributed by atoms with van der Waals surface area (Å²) in [6, 6.07) is 8.20. The van der Waals surface area contributed by atoms with Gasteiger partial charge in [-0.15, -0.1) is 11.3 Å². The first-order valence-corrected chi connectivity index (χ1v) is 6.90. The van der Waals surface area contributed by atoms with Crippen LogP contribution in [0.1, 0.15) is 15.2 Å². The van der Waals surface area contributed by atoms with Crippen LogP contribution in [0.15, 0.2) is 30.3 Å². The Morgan fingerprint density at radius 1 is 1.45 bits per heavy atom. The van der Waals surface area contributed by atoms with E-state index in [9.17, 15) is 9.18 Å². The zero-order valence-corrected chi connectivity index (χ0v) is 12.1. The number of amides is 1. The number of hydrogen-bond donors (Lipinski definition) is 2. The molecule has 0 aliphatic carbocycles. The van der Waals surface area contributed by atoms with Crippen LogP contribution in [0.25, 0.3) is 0 Å². The van der Waals surface area contributed by atoms with Gasteiger partial charge in [0.2, 0.25) is 0 Å². The molecule has 0 radical (unpaired) electrons. The standard InChI is InChI=1S/C14H16FN3OS/c1-17-14(19)13-11(16)7-12(20-13)18(2)8-9-4-3-5-10(15)6-9/h3-7H,8,16H2,1-2H3,(H,17,19). The third-order valence-electron chi connectivity index (χ3n) is 2.87. The Labute approximate surface area is 121 Å². The Hall–Kier alpha value is -2.08. The molecule has 0 fully saturated rings. The Morgan fingerprint density at radius 3 is 2.85 bits per heavy atom.